The average Bonchev–Trinajstić information content (AvgIpc) is 3.30. The summed E-state index contributed by atoms with van der Waals surface area (Å²) in [7, 11) is 0. The first-order chi connectivity index (χ1) is 16.5. The van der Waals surface area contributed by atoms with E-state index in [9.17, 15) is 9.59 Å². The number of aromatic nitrogens is 2. The molecule has 1 N–H and O–H groups in total. The minimum absolute atomic E-state index is 0.174. The third kappa shape index (κ3) is 4.19. The maximum Gasteiger partial charge on any atom is 0.338 e. The van der Waals surface area contributed by atoms with Crippen LogP contribution in [0.3, 0.4) is 0 Å². The molecule has 34 heavy (non-hydrogen) atoms. The predicted molar refractivity (Wildman–Crippen MR) is 133 cm³/mol. The highest BCUT2D eigenvalue weighted by atomic mass is 16.5. The highest BCUT2D eigenvalue weighted by Crippen LogP contribution is 2.28. The zero-order chi connectivity index (χ0) is 23.7. The molecule has 0 fully saturated rings. The summed E-state index contributed by atoms with van der Waals surface area (Å²) in [5.41, 5.74) is 6.11. The second-order valence-corrected chi connectivity index (χ2v) is 8.71. The number of aromatic amines is 1. The van der Waals surface area contributed by atoms with Gasteiger partial charge in [-0.15, -0.1) is 0 Å². The molecule has 1 aliphatic heterocycles. The summed E-state index contributed by atoms with van der Waals surface area (Å²) < 4.78 is 5.70. The Labute approximate surface area is 198 Å². The Morgan fingerprint density at radius 1 is 1.09 bits per heavy atom. The molecule has 1 atom stereocenters. The second-order valence-electron chi connectivity index (χ2n) is 8.71. The van der Waals surface area contributed by atoms with E-state index < -0.39 is 12.1 Å². The lowest BCUT2D eigenvalue weighted by Crippen LogP contribution is -2.43. The number of H-pyrrole nitrogens is 1. The fraction of sp³-hybridized carbons (Fsp3) is 0.250. The van der Waals surface area contributed by atoms with Crippen LogP contribution in [-0.4, -0.2) is 34.5 Å². The maximum atomic E-state index is 13.3. The Bertz CT molecular complexity index is 1360. The molecule has 3 aromatic carbocycles. The largest absolute Gasteiger partial charge is 0.449 e. The molecule has 0 saturated carbocycles. The Balaban J connectivity index is 1.35. The Hall–Kier alpha value is -3.93. The molecule has 0 saturated heterocycles. The lowest BCUT2D eigenvalue weighted by Gasteiger charge is -2.31. The summed E-state index contributed by atoms with van der Waals surface area (Å²) in [5, 5.41) is 0. The third-order valence-electron chi connectivity index (χ3n) is 6.31. The summed E-state index contributed by atoms with van der Waals surface area (Å²) in [5.74, 6) is 0.0528. The molecule has 1 unspecified atom stereocenters. The van der Waals surface area contributed by atoms with E-state index in [2.05, 4.69) is 9.97 Å². The first-order valence-electron chi connectivity index (χ1n) is 11.7. The molecule has 1 amide bonds. The van der Waals surface area contributed by atoms with Crippen LogP contribution in [0.15, 0.2) is 66.7 Å². The molecule has 2 heterocycles. The van der Waals surface area contributed by atoms with Crippen LogP contribution >= 0.6 is 0 Å². The first kappa shape index (κ1) is 21.9. The van der Waals surface area contributed by atoms with Crippen molar-refractivity contribution in [1.29, 1.82) is 0 Å². The van der Waals surface area contributed by atoms with Crippen LogP contribution in [-0.2, 0) is 16.0 Å². The van der Waals surface area contributed by atoms with Crippen molar-refractivity contribution in [2.24, 2.45) is 0 Å². The number of carbonyl (C=O) groups excluding carboxylic acids is 2. The van der Waals surface area contributed by atoms with E-state index in [1.807, 2.05) is 62.4 Å². The minimum Gasteiger partial charge on any atom is -0.449 e. The minimum atomic E-state index is -0.834. The number of fused-ring (bicyclic) bond motifs is 2. The molecule has 0 bridgehead atoms. The van der Waals surface area contributed by atoms with Gasteiger partial charge in [0.25, 0.3) is 5.91 Å². The van der Waals surface area contributed by atoms with Gasteiger partial charge >= 0.3 is 5.97 Å². The Morgan fingerprint density at radius 2 is 1.88 bits per heavy atom. The quantitative estimate of drug-likeness (QED) is 0.408. The van der Waals surface area contributed by atoms with Gasteiger partial charge in [-0.25, -0.2) is 9.78 Å². The van der Waals surface area contributed by atoms with E-state index in [1.165, 1.54) is 5.56 Å². The van der Waals surface area contributed by atoms with Crippen LogP contribution < -0.4 is 4.90 Å². The van der Waals surface area contributed by atoms with Crippen LogP contribution in [0.4, 0.5) is 5.69 Å². The van der Waals surface area contributed by atoms with Crippen molar-refractivity contribution in [2.75, 3.05) is 11.4 Å². The van der Waals surface area contributed by atoms with E-state index in [1.54, 1.807) is 23.1 Å². The molecular weight excluding hydrogens is 426 g/mol. The van der Waals surface area contributed by atoms with Crippen molar-refractivity contribution in [3.63, 3.8) is 0 Å². The van der Waals surface area contributed by atoms with Crippen molar-refractivity contribution in [3.8, 4) is 11.4 Å². The Morgan fingerprint density at radius 3 is 2.68 bits per heavy atom. The Kier molecular flexibility index (Phi) is 5.88. The van der Waals surface area contributed by atoms with E-state index in [-0.39, 0.29) is 5.91 Å². The number of imidazole rings is 1. The zero-order valence-electron chi connectivity index (χ0n) is 19.4. The van der Waals surface area contributed by atoms with Crippen molar-refractivity contribution in [2.45, 2.75) is 39.2 Å². The van der Waals surface area contributed by atoms with E-state index >= 15 is 0 Å². The molecule has 5 rings (SSSR count). The van der Waals surface area contributed by atoms with Gasteiger partial charge in [-0.2, -0.15) is 0 Å². The molecule has 0 aliphatic carbocycles. The van der Waals surface area contributed by atoms with Gasteiger partial charge in [-0.05, 0) is 56.0 Å². The summed E-state index contributed by atoms with van der Waals surface area (Å²) in [4.78, 5) is 35.9. The number of nitrogens with one attached hydrogen (secondary N) is 1. The highest BCUT2D eigenvalue weighted by Gasteiger charge is 2.30. The van der Waals surface area contributed by atoms with Gasteiger partial charge < -0.3 is 14.6 Å². The SMILES string of the molecule is CCC(OC(=O)c1ccc2nc(-c3ccc(C)cc3)[nH]c2c1)C(=O)N1CCCc2ccccc21. The van der Waals surface area contributed by atoms with Gasteiger partial charge in [-0.1, -0.05) is 55.0 Å². The summed E-state index contributed by atoms with van der Waals surface area (Å²) in [6.07, 6.45) is 1.42. The van der Waals surface area contributed by atoms with Crippen molar-refractivity contribution in [3.05, 3.63) is 83.4 Å². The van der Waals surface area contributed by atoms with Gasteiger partial charge in [0.2, 0.25) is 0 Å². The average molecular weight is 454 g/mol. The van der Waals surface area contributed by atoms with Gasteiger partial charge in [0.15, 0.2) is 6.10 Å². The molecule has 4 aromatic rings. The number of para-hydroxylation sites is 1. The number of rotatable bonds is 5. The molecule has 6 heteroatoms. The standard InChI is InChI=1S/C28H27N3O3/c1-3-25(27(32)31-16-6-8-19-7-4-5-9-24(19)31)34-28(33)21-14-15-22-23(17-21)30-26(29-22)20-12-10-18(2)11-13-20/h4-5,7,9-15,17,25H,3,6,8,16H2,1-2H3,(H,29,30). The normalized spacial score (nSPS) is 14.0. The van der Waals surface area contributed by atoms with Crippen LogP contribution in [0.5, 0.6) is 0 Å². The third-order valence-corrected chi connectivity index (χ3v) is 6.31. The van der Waals surface area contributed by atoms with Gasteiger partial charge in [0, 0.05) is 17.8 Å². The van der Waals surface area contributed by atoms with Gasteiger partial charge in [0.1, 0.15) is 5.82 Å². The number of esters is 1. The van der Waals surface area contributed by atoms with E-state index in [4.69, 9.17) is 4.74 Å². The van der Waals surface area contributed by atoms with Gasteiger partial charge in [-0.3, -0.25) is 4.79 Å². The molecule has 172 valence electrons. The lowest BCUT2D eigenvalue weighted by atomic mass is 10.0. The fourth-order valence-corrected chi connectivity index (χ4v) is 4.43. The maximum absolute atomic E-state index is 13.3. The van der Waals surface area contributed by atoms with Crippen LogP contribution in [0.2, 0.25) is 0 Å². The molecule has 0 radical (unpaired) electrons. The molecule has 0 spiro atoms. The van der Waals surface area contributed by atoms with Crippen LogP contribution in [0, 0.1) is 6.92 Å². The monoisotopic (exact) mass is 453 g/mol. The number of carbonyl (C=O) groups is 2. The summed E-state index contributed by atoms with van der Waals surface area (Å²) >= 11 is 0. The number of amides is 1. The molecule has 6 nitrogen and oxygen atoms in total. The number of benzene rings is 3. The number of hydrogen-bond acceptors (Lipinski definition) is 4. The smallest absolute Gasteiger partial charge is 0.338 e. The zero-order valence-corrected chi connectivity index (χ0v) is 19.4. The van der Waals surface area contributed by atoms with E-state index in [0.29, 0.717) is 18.5 Å². The van der Waals surface area contributed by atoms with Crippen molar-refractivity contribution in [1.82, 2.24) is 9.97 Å². The van der Waals surface area contributed by atoms with Gasteiger partial charge in [0.05, 0.1) is 16.6 Å². The number of nitrogens with zero attached hydrogens (tertiary/aromatic N) is 2. The topological polar surface area (TPSA) is 75.3 Å². The number of aryl methyl sites for hydroxylation is 2. The number of ether oxygens (including phenoxy) is 1. The predicted octanol–water partition coefficient (Wildman–Crippen LogP) is 5.45. The van der Waals surface area contributed by atoms with Crippen LogP contribution in [0.25, 0.3) is 22.4 Å². The number of hydrogen-bond donors (Lipinski definition) is 1. The number of anilines is 1. The molecule has 1 aliphatic rings. The van der Waals surface area contributed by atoms with Crippen LogP contribution in [0.1, 0.15) is 41.3 Å². The summed E-state index contributed by atoms with van der Waals surface area (Å²) in [6, 6.07) is 21.2. The second kappa shape index (κ2) is 9.14. The fourth-order valence-electron chi connectivity index (χ4n) is 4.43. The highest BCUT2D eigenvalue weighted by molar-refractivity contribution is 6.00. The van der Waals surface area contributed by atoms with Crippen molar-refractivity contribution < 1.29 is 14.3 Å². The van der Waals surface area contributed by atoms with Crippen molar-refractivity contribution >= 4 is 28.6 Å². The molecular formula is C28H27N3O3. The first-order valence-corrected chi connectivity index (χ1v) is 11.7. The molecule has 1 aromatic heterocycles. The lowest BCUT2D eigenvalue weighted by molar-refractivity contribution is -0.127. The summed E-state index contributed by atoms with van der Waals surface area (Å²) in [6.45, 7) is 4.53. The van der Waals surface area contributed by atoms with E-state index in [0.717, 1.165) is 46.5 Å².